The number of allylic oxidation sites excluding steroid dienone is 1. The van der Waals surface area contributed by atoms with Gasteiger partial charge >= 0.3 is 0 Å². The van der Waals surface area contributed by atoms with E-state index >= 15 is 0 Å². The molecule has 0 saturated heterocycles. The topological polar surface area (TPSA) is 20.2 Å². The lowest BCUT2D eigenvalue weighted by Crippen LogP contribution is -2.15. The molecule has 0 fully saturated rings. The molecule has 0 radical (unpaired) electrons. The molecule has 0 aliphatic heterocycles. The van der Waals surface area contributed by atoms with Crippen LogP contribution in [0.3, 0.4) is 0 Å². The van der Waals surface area contributed by atoms with Crippen LogP contribution in [-0.2, 0) is 0 Å². The summed E-state index contributed by atoms with van der Waals surface area (Å²) in [5.41, 5.74) is 0. The van der Waals surface area contributed by atoms with Crippen LogP contribution < -0.4 is 0 Å². The highest BCUT2D eigenvalue weighted by atomic mass is 16.3. The minimum atomic E-state index is -0.232. The van der Waals surface area contributed by atoms with Gasteiger partial charge in [0.2, 0.25) is 0 Å². The molecule has 0 saturated carbocycles. The third kappa shape index (κ3) is 4.20. The van der Waals surface area contributed by atoms with Gasteiger partial charge in [-0.1, -0.05) is 45.8 Å². The van der Waals surface area contributed by atoms with E-state index in [4.69, 9.17) is 0 Å². The van der Waals surface area contributed by atoms with Crippen molar-refractivity contribution in [2.75, 3.05) is 0 Å². The Balaban J connectivity index is 3.77. The van der Waals surface area contributed by atoms with Gasteiger partial charge in [0.25, 0.3) is 0 Å². The molecule has 0 rings (SSSR count). The van der Waals surface area contributed by atoms with Crippen LogP contribution in [0.25, 0.3) is 0 Å². The van der Waals surface area contributed by atoms with E-state index in [1.54, 1.807) is 0 Å². The van der Waals surface area contributed by atoms with Crippen LogP contribution in [0.4, 0.5) is 0 Å². The highest BCUT2D eigenvalue weighted by Crippen LogP contribution is 2.13. The smallest absolute Gasteiger partial charge is 0.0748 e. The van der Waals surface area contributed by atoms with Gasteiger partial charge in [-0.15, -0.1) is 0 Å². The molecule has 0 aliphatic rings. The quantitative estimate of drug-likeness (QED) is 0.607. The maximum atomic E-state index is 9.55. The number of aliphatic hydroxyl groups is 1. The molecule has 1 unspecified atom stereocenters. The number of hydrogen-bond donors (Lipinski definition) is 1. The largest absolute Gasteiger partial charge is 0.389 e. The van der Waals surface area contributed by atoms with Crippen LogP contribution in [0.1, 0.15) is 40.0 Å². The van der Waals surface area contributed by atoms with Crippen molar-refractivity contribution < 1.29 is 5.11 Å². The molecule has 1 heteroatoms. The molecule has 1 nitrogen and oxygen atoms in total. The van der Waals surface area contributed by atoms with E-state index in [9.17, 15) is 5.11 Å². The average Bonchev–Trinajstić information content (AvgIpc) is 2.03. The molecule has 0 aromatic rings. The van der Waals surface area contributed by atoms with Crippen LogP contribution in [0.5, 0.6) is 0 Å². The van der Waals surface area contributed by atoms with Crippen LogP contribution >= 0.6 is 0 Å². The predicted octanol–water partition coefficient (Wildman–Crippen LogP) is 2.75. The fourth-order valence-corrected chi connectivity index (χ4v) is 1.20. The molecule has 11 heavy (non-hydrogen) atoms. The summed E-state index contributed by atoms with van der Waals surface area (Å²) in [4.78, 5) is 0. The van der Waals surface area contributed by atoms with Crippen LogP contribution in [0, 0.1) is 5.92 Å². The zero-order valence-electron chi connectivity index (χ0n) is 7.88. The molecule has 0 aliphatic carbocycles. The van der Waals surface area contributed by atoms with Crippen molar-refractivity contribution in [3.05, 3.63) is 12.2 Å². The predicted molar refractivity (Wildman–Crippen MR) is 49.5 cm³/mol. The summed E-state index contributed by atoms with van der Waals surface area (Å²) < 4.78 is 0. The summed E-state index contributed by atoms with van der Waals surface area (Å²) in [6, 6.07) is 0. The van der Waals surface area contributed by atoms with Crippen LogP contribution in [-0.4, -0.2) is 11.2 Å². The molecular weight excluding hydrogens is 136 g/mol. The van der Waals surface area contributed by atoms with Gasteiger partial charge in [-0.3, -0.25) is 0 Å². The Morgan fingerprint density at radius 3 is 2.09 bits per heavy atom. The van der Waals surface area contributed by atoms with E-state index in [-0.39, 0.29) is 6.10 Å². The van der Waals surface area contributed by atoms with Gasteiger partial charge in [0.1, 0.15) is 0 Å². The van der Waals surface area contributed by atoms with Crippen molar-refractivity contribution in [2.45, 2.75) is 46.1 Å². The molecule has 0 spiro atoms. The summed E-state index contributed by atoms with van der Waals surface area (Å²) in [5, 5.41) is 9.55. The SMILES string of the molecule is CCC=CC(O)C(CC)CC. The fourth-order valence-electron chi connectivity index (χ4n) is 1.20. The minimum Gasteiger partial charge on any atom is -0.389 e. The Hall–Kier alpha value is -0.300. The molecule has 0 amide bonds. The molecule has 0 aromatic carbocycles. The number of aliphatic hydroxyl groups excluding tert-OH is 1. The maximum Gasteiger partial charge on any atom is 0.0748 e. The van der Waals surface area contributed by atoms with Crippen molar-refractivity contribution >= 4 is 0 Å². The fraction of sp³-hybridized carbons (Fsp3) is 0.800. The Bertz CT molecular complexity index is 103. The van der Waals surface area contributed by atoms with Crippen LogP contribution in [0.15, 0.2) is 12.2 Å². The molecule has 66 valence electrons. The Morgan fingerprint density at radius 1 is 1.18 bits per heavy atom. The van der Waals surface area contributed by atoms with Gasteiger partial charge < -0.3 is 5.11 Å². The molecule has 1 atom stereocenters. The van der Waals surface area contributed by atoms with Gasteiger partial charge in [0.05, 0.1) is 6.10 Å². The highest BCUT2D eigenvalue weighted by molar-refractivity contribution is 4.90. The Morgan fingerprint density at radius 2 is 1.73 bits per heavy atom. The first-order valence-corrected chi connectivity index (χ1v) is 4.60. The van der Waals surface area contributed by atoms with E-state index in [0.717, 1.165) is 19.3 Å². The summed E-state index contributed by atoms with van der Waals surface area (Å²) in [6.45, 7) is 6.32. The lowest BCUT2D eigenvalue weighted by molar-refractivity contribution is 0.146. The Kier molecular flexibility index (Phi) is 6.24. The van der Waals surface area contributed by atoms with Crippen molar-refractivity contribution in [3.8, 4) is 0 Å². The van der Waals surface area contributed by atoms with Crippen molar-refractivity contribution in [1.82, 2.24) is 0 Å². The second-order valence-corrected chi connectivity index (χ2v) is 2.90. The van der Waals surface area contributed by atoms with E-state index in [1.165, 1.54) is 0 Å². The summed E-state index contributed by atoms with van der Waals surface area (Å²) in [7, 11) is 0. The van der Waals surface area contributed by atoms with Gasteiger partial charge in [0.15, 0.2) is 0 Å². The number of rotatable bonds is 5. The standard InChI is InChI=1S/C10H20O/c1-4-7-8-10(11)9(5-2)6-3/h7-11H,4-6H2,1-3H3. The van der Waals surface area contributed by atoms with Crippen molar-refractivity contribution in [2.24, 2.45) is 5.92 Å². The van der Waals surface area contributed by atoms with Gasteiger partial charge in [-0.25, -0.2) is 0 Å². The number of hydrogen-bond acceptors (Lipinski definition) is 1. The van der Waals surface area contributed by atoms with E-state index < -0.39 is 0 Å². The highest BCUT2D eigenvalue weighted by Gasteiger charge is 2.10. The summed E-state index contributed by atoms with van der Waals surface area (Å²) in [6.07, 6.45) is 6.85. The zero-order valence-corrected chi connectivity index (χ0v) is 7.88. The van der Waals surface area contributed by atoms with Crippen LogP contribution in [0.2, 0.25) is 0 Å². The lowest BCUT2D eigenvalue weighted by Gasteiger charge is -2.15. The second-order valence-electron chi connectivity index (χ2n) is 2.90. The van der Waals surface area contributed by atoms with Gasteiger partial charge in [-0.05, 0) is 12.3 Å². The molecule has 0 heterocycles. The minimum absolute atomic E-state index is 0.232. The average molecular weight is 156 g/mol. The van der Waals surface area contributed by atoms with Crippen molar-refractivity contribution in [1.29, 1.82) is 0 Å². The second kappa shape index (κ2) is 6.41. The normalized spacial score (nSPS) is 14.6. The molecular formula is C10H20O. The van der Waals surface area contributed by atoms with E-state index in [2.05, 4.69) is 20.8 Å². The third-order valence-corrected chi connectivity index (χ3v) is 2.10. The van der Waals surface area contributed by atoms with Gasteiger partial charge in [0, 0.05) is 0 Å². The summed E-state index contributed by atoms with van der Waals surface area (Å²) in [5.74, 6) is 0.442. The van der Waals surface area contributed by atoms with E-state index in [1.807, 2.05) is 12.2 Å². The third-order valence-electron chi connectivity index (χ3n) is 2.10. The molecule has 0 aromatic heterocycles. The lowest BCUT2D eigenvalue weighted by atomic mass is 9.96. The molecule has 1 N–H and O–H groups in total. The first kappa shape index (κ1) is 10.7. The van der Waals surface area contributed by atoms with E-state index in [0.29, 0.717) is 5.92 Å². The molecule has 0 bridgehead atoms. The van der Waals surface area contributed by atoms with Gasteiger partial charge in [-0.2, -0.15) is 0 Å². The monoisotopic (exact) mass is 156 g/mol. The van der Waals surface area contributed by atoms with Crippen molar-refractivity contribution in [3.63, 3.8) is 0 Å². The summed E-state index contributed by atoms with van der Waals surface area (Å²) >= 11 is 0. The maximum absolute atomic E-state index is 9.55. The zero-order chi connectivity index (χ0) is 8.69. The Labute approximate surface area is 70.1 Å². The first-order chi connectivity index (χ1) is 5.26. The first-order valence-electron chi connectivity index (χ1n) is 4.60.